The normalized spacial score (nSPS) is 14.0. The Labute approximate surface area is 160 Å². The third-order valence-corrected chi connectivity index (χ3v) is 4.42. The van der Waals surface area contributed by atoms with E-state index in [1.165, 1.54) is 5.69 Å². The van der Waals surface area contributed by atoms with Crippen molar-refractivity contribution >= 4 is 11.6 Å². The molecule has 0 bridgehead atoms. The van der Waals surface area contributed by atoms with E-state index in [4.69, 9.17) is 14.2 Å². The summed E-state index contributed by atoms with van der Waals surface area (Å²) in [5.41, 5.74) is 2.83. The van der Waals surface area contributed by atoms with Gasteiger partial charge in [0.05, 0.1) is 19.8 Å². The first-order valence-electron chi connectivity index (χ1n) is 9.18. The van der Waals surface area contributed by atoms with Crippen LogP contribution >= 0.6 is 0 Å². The van der Waals surface area contributed by atoms with Gasteiger partial charge in [-0.15, -0.1) is 0 Å². The Morgan fingerprint density at radius 1 is 1.11 bits per heavy atom. The molecule has 27 heavy (non-hydrogen) atoms. The van der Waals surface area contributed by atoms with Crippen LogP contribution in [0.4, 0.5) is 5.69 Å². The zero-order chi connectivity index (χ0) is 18.9. The summed E-state index contributed by atoms with van der Waals surface area (Å²) in [5.74, 6) is 0.541. The zero-order valence-electron chi connectivity index (χ0n) is 15.6. The summed E-state index contributed by atoms with van der Waals surface area (Å²) in [4.78, 5) is 14.7. The largest absolute Gasteiger partial charge is 0.491 e. The van der Waals surface area contributed by atoms with Gasteiger partial charge in [0.25, 0.3) is 5.91 Å². The van der Waals surface area contributed by atoms with Crippen LogP contribution in [0.15, 0.2) is 48.5 Å². The third kappa shape index (κ3) is 5.70. The highest BCUT2D eigenvalue weighted by Crippen LogP contribution is 2.17. The molecule has 1 N–H and O–H groups in total. The summed E-state index contributed by atoms with van der Waals surface area (Å²) < 4.78 is 15.9. The van der Waals surface area contributed by atoms with Crippen LogP contribution in [0.5, 0.6) is 5.75 Å². The molecule has 0 atom stereocenters. The Morgan fingerprint density at radius 2 is 1.89 bits per heavy atom. The van der Waals surface area contributed by atoms with E-state index in [-0.39, 0.29) is 5.91 Å². The smallest absolute Gasteiger partial charge is 0.251 e. The van der Waals surface area contributed by atoms with E-state index in [0.29, 0.717) is 31.1 Å². The molecule has 6 heteroatoms. The fourth-order valence-electron chi connectivity index (χ4n) is 2.90. The van der Waals surface area contributed by atoms with Crippen LogP contribution in [0.1, 0.15) is 15.9 Å². The van der Waals surface area contributed by atoms with Crippen molar-refractivity contribution in [1.29, 1.82) is 0 Å². The number of anilines is 1. The molecule has 2 aromatic carbocycles. The lowest BCUT2D eigenvalue weighted by atomic mass is 10.1. The molecule has 1 heterocycles. The molecule has 0 unspecified atom stereocenters. The van der Waals surface area contributed by atoms with Crippen molar-refractivity contribution in [2.45, 2.75) is 6.54 Å². The number of carbonyl (C=O) groups is 1. The molecular weight excluding hydrogens is 344 g/mol. The molecule has 0 aliphatic carbocycles. The molecule has 1 aliphatic rings. The quantitative estimate of drug-likeness (QED) is 0.724. The highest BCUT2D eigenvalue weighted by atomic mass is 16.5. The third-order valence-electron chi connectivity index (χ3n) is 4.42. The predicted octanol–water partition coefficient (Wildman–Crippen LogP) is 2.48. The summed E-state index contributed by atoms with van der Waals surface area (Å²) in [5, 5.41) is 2.96. The molecule has 1 amide bonds. The van der Waals surface area contributed by atoms with Gasteiger partial charge in [0, 0.05) is 38.0 Å². The van der Waals surface area contributed by atoms with Crippen LogP contribution in [0.3, 0.4) is 0 Å². The van der Waals surface area contributed by atoms with Gasteiger partial charge in [-0.25, -0.2) is 0 Å². The summed E-state index contributed by atoms with van der Waals surface area (Å²) in [7, 11) is 1.63. The van der Waals surface area contributed by atoms with E-state index in [1.807, 2.05) is 12.1 Å². The number of nitrogens with zero attached hydrogens (tertiary/aromatic N) is 1. The molecule has 144 valence electrons. The van der Waals surface area contributed by atoms with Crippen LogP contribution in [0.2, 0.25) is 0 Å². The molecule has 0 saturated carbocycles. The molecule has 0 radical (unpaired) electrons. The van der Waals surface area contributed by atoms with Gasteiger partial charge in [0.2, 0.25) is 0 Å². The van der Waals surface area contributed by atoms with Gasteiger partial charge in [0.1, 0.15) is 12.4 Å². The minimum atomic E-state index is -0.121. The maximum atomic E-state index is 12.4. The van der Waals surface area contributed by atoms with E-state index in [0.717, 1.165) is 31.9 Å². The van der Waals surface area contributed by atoms with E-state index < -0.39 is 0 Å². The summed E-state index contributed by atoms with van der Waals surface area (Å²) in [6, 6.07) is 15.5. The lowest BCUT2D eigenvalue weighted by molar-refractivity contribution is 0.0950. The van der Waals surface area contributed by atoms with Crippen molar-refractivity contribution in [3.05, 3.63) is 59.7 Å². The maximum Gasteiger partial charge on any atom is 0.251 e. The van der Waals surface area contributed by atoms with E-state index in [2.05, 4.69) is 34.5 Å². The zero-order valence-corrected chi connectivity index (χ0v) is 15.6. The molecule has 6 nitrogen and oxygen atoms in total. The number of amides is 1. The number of benzene rings is 2. The van der Waals surface area contributed by atoms with Crippen molar-refractivity contribution in [1.82, 2.24) is 5.32 Å². The number of carbonyl (C=O) groups excluding carboxylic acids is 1. The number of nitrogens with one attached hydrogen (secondary N) is 1. The number of hydrogen-bond acceptors (Lipinski definition) is 5. The fraction of sp³-hybridized carbons (Fsp3) is 0.381. The maximum absolute atomic E-state index is 12.4. The van der Waals surface area contributed by atoms with Crippen LogP contribution in [0, 0.1) is 0 Å². The second-order valence-corrected chi connectivity index (χ2v) is 6.32. The number of rotatable bonds is 8. The first kappa shape index (κ1) is 19.2. The average Bonchev–Trinajstić information content (AvgIpc) is 2.73. The number of hydrogen-bond donors (Lipinski definition) is 1. The topological polar surface area (TPSA) is 60.0 Å². The fourth-order valence-corrected chi connectivity index (χ4v) is 2.90. The number of ether oxygens (including phenoxy) is 3. The SMILES string of the molecule is COCCOc1cccc(C(=O)NCc2ccc(N3CCOCC3)cc2)c1. The Balaban J connectivity index is 1.52. The van der Waals surface area contributed by atoms with Crippen molar-refractivity contribution < 1.29 is 19.0 Å². The van der Waals surface area contributed by atoms with Crippen molar-refractivity contribution in [3.8, 4) is 5.75 Å². The monoisotopic (exact) mass is 370 g/mol. The molecule has 2 aromatic rings. The summed E-state index contributed by atoms with van der Waals surface area (Å²) in [6.45, 7) is 4.82. The van der Waals surface area contributed by atoms with Crippen LogP contribution in [0.25, 0.3) is 0 Å². The second-order valence-electron chi connectivity index (χ2n) is 6.32. The van der Waals surface area contributed by atoms with Crippen molar-refractivity contribution in [2.75, 3.05) is 51.5 Å². The molecule has 1 fully saturated rings. The van der Waals surface area contributed by atoms with Gasteiger partial charge in [-0.2, -0.15) is 0 Å². The molecular formula is C21H26N2O4. The second kappa shape index (κ2) is 9.94. The van der Waals surface area contributed by atoms with Gasteiger partial charge < -0.3 is 24.4 Å². The van der Waals surface area contributed by atoms with E-state index in [9.17, 15) is 4.79 Å². The minimum absolute atomic E-state index is 0.121. The van der Waals surface area contributed by atoms with Gasteiger partial charge >= 0.3 is 0 Å². The summed E-state index contributed by atoms with van der Waals surface area (Å²) >= 11 is 0. The minimum Gasteiger partial charge on any atom is -0.491 e. The number of morpholine rings is 1. The first-order valence-corrected chi connectivity index (χ1v) is 9.18. The van der Waals surface area contributed by atoms with E-state index in [1.54, 1.807) is 19.2 Å². The Kier molecular flexibility index (Phi) is 7.07. The predicted molar refractivity (Wildman–Crippen MR) is 104 cm³/mol. The van der Waals surface area contributed by atoms with Crippen molar-refractivity contribution in [2.24, 2.45) is 0 Å². The molecule has 0 aromatic heterocycles. The van der Waals surface area contributed by atoms with E-state index >= 15 is 0 Å². The Hall–Kier alpha value is -2.57. The van der Waals surface area contributed by atoms with Crippen LogP contribution in [-0.2, 0) is 16.0 Å². The lowest BCUT2D eigenvalue weighted by Gasteiger charge is -2.28. The highest BCUT2D eigenvalue weighted by Gasteiger charge is 2.11. The Bertz CT molecular complexity index is 727. The molecule has 1 saturated heterocycles. The van der Waals surface area contributed by atoms with Gasteiger partial charge in [-0.3, -0.25) is 4.79 Å². The molecule has 0 spiro atoms. The summed E-state index contributed by atoms with van der Waals surface area (Å²) in [6.07, 6.45) is 0. The van der Waals surface area contributed by atoms with Crippen molar-refractivity contribution in [3.63, 3.8) is 0 Å². The molecule has 3 rings (SSSR count). The van der Waals surface area contributed by atoms with Gasteiger partial charge in [-0.1, -0.05) is 18.2 Å². The Morgan fingerprint density at radius 3 is 2.63 bits per heavy atom. The first-order chi connectivity index (χ1) is 13.3. The standard InChI is InChI=1S/C21H26N2O4/c1-25-13-14-27-20-4-2-3-18(15-20)21(24)22-16-17-5-7-19(8-6-17)23-9-11-26-12-10-23/h2-8,15H,9-14,16H2,1H3,(H,22,24). The lowest BCUT2D eigenvalue weighted by Crippen LogP contribution is -2.36. The van der Waals surface area contributed by atoms with Crippen LogP contribution < -0.4 is 15.0 Å². The van der Waals surface area contributed by atoms with Crippen LogP contribution in [-0.4, -0.2) is 52.5 Å². The highest BCUT2D eigenvalue weighted by molar-refractivity contribution is 5.94. The number of methoxy groups -OCH3 is 1. The van der Waals surface area contributed by atoms with Gasteiger partial charge in [0.15, 0.2) is 0 Å². The van der Waals surface area contributed by atoms with Gasteiger partial charge in [-0.05, 0) is 35.9 Å². The average molecular weight is 370 g/mol. The molecule has 1 aliphatic heterocycles.